The number of pyridine rings is 1. The van der Waals surface area contributed by atoms with Gasteiger partial charge in [-0.1, -0.05) is 18.2 Å². The minimum atomic E-state index is 0.416. The highest BCUT2D eigenvalue weighted by Gasteiger charge is 2.24. The molecule has 0 aliphatic heterocycles. The lowest BCUT2D eigenvalue weighted by Crippen LogP contribution is -2.16. The molecule has 130 valence electrons. The molecule has 0 amide bonds. The quantitative estimate of drug-likeness (QED) is 0.716. The molecule has 1 aliphatic carbocycles. The predicted molar refractivity (Wildman–Crippen MR) is 101 cm³/mol. The molecule has 0 bridgehead atoms. The molecular formula is C21H25N3O. The second-order valence-corrected chi connectivity index (χ2v) is 6.53. The van der Waals surface area contributed by atoms with Crippen LogP contribution in [0.3, 0.4) is 0 Å². The first kappa shape index (κ1) is 17.2. The molecule has 2 N–H and O–H groups in total. The average molecular weight is 335 g/mol. The van der Waals surface area contributed by atoms with Crippen LogP contribution in [0.1, 0.15) is 36.6 Å². The zero-order chi connectivity index (χ0) is 17.6. The number of nitrogens with zero attached hydrogens (tertiary/aromatic N) is 1. The Kier molecular flexibility index (Phi) is 5.49. The van der Waals surface area contributed by atoms with E-state index in [-0.39, 0.29) is 0 Å². The highest BCUT2D eigenvalue weighted by atomic mass is 16.5. The van der Waals surface area contributed by atoms with Crippen molar-refractivity contribution in [2.24, 2.45) is 0 Å². The summed E-state index contributed by atoms with van der Waals surface area (Å²) in [6.45, 7) is 4.75. The smallest absolute Gasteiger partial charge is 0.122 e. The van der Waals surface area contributed by atoms with Gasteiger partial charge < -0.3 is 15.5 Å². The Balaban J connectivity index is 1.53. The first-order valence-electron chi connectivity index (χ1n) is 8.80. The molecule has 25 heavy (non-hydrogen) atoms. The fourth-order valence-corrected chi connectivity index (χ4v) is 2.56. The fraction of sp³-hybridized carbons (Fsp3) is 0.333. The van der Waals surface area contributed by atoms with Crippen molar-refractivity contribution in [1.82, 2.24) is 10.3 Å². The summed E-state index contributed by atoms with van der Waals surface area (Å²) in [6, 6.07) is 12.1. The van der Waals surface area contributed by atoms with Crippen molar-refractivity contribution in [3.63, 3.8) is 0 Å². The maximum atomic E-state index is 8.17. The largest absolute Gasteiger partial charge is 0.490 e. The number of ether oxygens (including phenoxy) is 1. The van der Waals surface area contributed by atoms with E-state index in [0.717, 1.165) is 35.7 Å². The third kappa shape index (κ3) is 5.18. The van der Waals surface area contributed by atoms with Gasteiger partial charge in [0.25, 0.3) is 0 Å². The Morgan fingerprint density at radius 3 is 2.80 bits per heavy atom. The van der Waals surface area contributed by atoms with Gasteiger partial charge in [0.2, 0.25) is 0 Å². The lowest BCUT2D eigenvalue weighted by Gasteiger charge is -2.12. The van der Waals surface area contributed by atoms with Crippen molar-refractivity contribution in [3.8, 4) is 5.75 Å². The summed E-state index contributed by atoms with van der Waals surface area (Å²) in [5.74, 6) is 1.01. The van der Waals surface area contributed by atoms with Gasteiger partial charge in [0.1, 0.15) is 5.75 Å². The second-order valence-electron chi connectivity index (χ2n) is 6.53. The van der Waals surface area contributed by atoms with Gasteiger partial charge in [0, 0.05) is 29.7 Å². The SMILES string of the molecule is C/C(=C\C(=N)c1ccc(C)nc1)NCCc1ccccc1OC1CC1. The van der Waals surface area contributed by atoms with E-state index in [1.54, 1.807) is 6.20 Å². The fourth-order valence-electron chi connectivity index (χ4n) is 2.56. The van der Waals surface area contributed by atoms with Crippen molar-refractivity contribution in [1.29, 1.82) is 5.41 Å². The number of hydrogen-bond acceptors (Lipinski definition) is 4. The Labute approximate surface area is 149 Å². The lowest BCUT2D eigenvalue weighted by atomic mass is 10.1. The molecule has 1 heterocycles. The van der Waals surface area contributed by atoms with E-state index in [1.807, 2.05) is 38.1 Å². The highest BCUT2D eigenvalue weighted by Crippen LogP contribution is 2.29. The van der Waals surface area contributed by atoms with E-state index in [2.05, 4.69) is 28.5 Å². The summed E-state index contributed by atoms with van der Waals surface area (Å²) >= 11 is 0. The summed E-state index contributed by atoms with van der Waals surface area (Å²) in [4.78, 5) is 4.24. The van der Waals surface area contributed by atoms with E-state index in [9.17, 15) is 0 Å². The van der Waals surface area contributed by atoms with E-state index in [0.29, 0.717) is 11.8 Å². The molecular weight excluding hydrogens is 310 g/mol. The molecule has 1 aromatic heterocycles. The van der Waals surface area contributed by atoms with Crippen LogP contribution in [0, 0.1) is 12.3 Å². The van der Waals surface area contributed by atoms with Crippen molar-refractivity contribution in [3.05, 3.63) is 71.2 Å². The first-order valence-corrected chi connectivity index (χ1v) is 8.80. The van der Waals surface area contributed by atoms with Crippen molar-refractivity contribution in [2.75, 3.05) is 6.54 Å². The second kappa shape index (κ2) is 7.97. The van der Waals surface area contributed by atoms with E-state index >= 15 is 0 Å². The molecule has 2 aromatic rings. The van der Waals surface area contributed by atoms with Crippen LogP contribution < -0.4 is 10.1 Å². The number of para-hydroxylation sites is 1. The number of allylic oxidation sites excluding steroid dienone is 2. The molecule has 0 spiro atoms. The molecule has 0 unspecified atom stereocenters. The maximum Gasteiger partial charge on any atom is 0.122 e. The standard InChI is InChI=1S/C21H25N3O/c1-15-7-8-18(14-24-15)20(22)13-16(2)23-12-11-17-5-3-4-6-21(17)25-19-9-10-19/h3-8,13-14,19,22-23H,9-12H2,1-2H3/b16-13+,22-20?. The zero-order valence-electron chi connectivity index (χ0n) is 14.9. The van der Waals surface area contributed by atoms with E-state index in [1.165, 1.54) is 18.4 Å². The molecule has 3 rings (SSSR count). The Morgan fingerprint density at radius 1 is 1.28 bits per heavy atom. The summed E-state index contributed by atoms with van der Waals surface area (Å²) in [5, 5.41) is 11.6. The molecule has 1 aliphatic rings. The number of benzene rings is 1. The Bertz CT molecular complexity index is 761. The van der Waals surface area contributed by atoms with Gasteiger partial charge in [-0.25, -0.2) is 0 Å². The van der Waals surface area contributed by atoms with Crippen LogP contribution in [-0.2, 0) is 6.42 Å². The van der Waals surface area contributed by atoms with Gasteiger partial charge >= 0.3 is 0 Å². The number of hydrogen-bond donors (Lipinski definition) is 2. The third-order valence-electron chi connectivity index (χ3n) is 4.17. The van der Waals surface area contributed by atoms with Gasteiger partial charge in [-0.05, 0) is 62.9 Å². The third-order valence-corrected chi connectivity index (χ3v) is 4.17. The highest BCUT2D eigenvalue weighted by molar-refractivity contribution is 6.06. The molecule has 0 radical (unpaired) electrons. The van der Waals surface area contributed by atoms with Crippen LogP contribution in [0.25, 0.3) is 0 Å². The zero-order valence-corrected chi connectivity index (χ0v) is 14.9. The maximum absolute atomic E-state index is 8.17. The van der Waals surface area contributed by atoms with Crippen molar-refractivity contribution in [2.45, 2.75) is 39.2 Å². The van der Waals surface area contributed by atoms with E-state index in [4.69, 9.17) is 10.1 Å². The Morgan fingerprint density at radius 2 is 2.08 bits per heavy atom. The monoisotopic (exact) mass is 335 g/mol. The van der Waals surface area contributed by atoms with Gasteiger partial charge in [0.05, 0.1) is 11.8 Å². The normalized spacial score (nSPS) is 14.2. The van der Waals surface area contributed by atoms with Crippen LogP contribution in [-0.4, -0.2) is 23.3 Å². The number of nitrogens with one attached hydrogen (secondary N) is 2. The van der Waals surface area contributed by atoms with Crippen LogP contribution in [0.5, 0.6) is 5.75 Å². The summed E-state index contributed by atoms with van der Waals surface area (Å²) in [6.07, 6.45) is 7.24. The van der Waals surface area contributed by atoms with Crippen molar-refractivity contribution < 1.29 is 4.74 Å². The minimum Gasteiger partial charge on any atom is -0.490 e. The molecule has 4 nitrogen and oxygen atoms in total. The summed E-state index contributed by atoms with van der Waals surface area (Å²) < 4.78 is 5.96. The van der Waals surface area contributed by atoms with Gasteiger partial charge in [0.15, 0.2) is 0 Å². The number of aromatic nitrogens is 1. The van der Waals surface area contributed by atoms with Crippen LogP contribution in [0.4, 0.5) is 0 Å². The average Bonchev–Trinajstić information content (AvgIpc) is 3.41. The van der Waals surface area contributed by atoms with Gasteiger partial charge in [-0.2, -0.15) is 0 Å². The summed E-state index contributed by atoms with van der Waals surface area (Å²) in [7, 11) is 0. The van der Waals surface area contributed by atoms with Crippen molar-refractivity contribution >= 4 is 5.71 Å². The lowest BCUT2D eigenvalue weighted by molar-refractivity contribution is 0.300. The molecule has 1 aromatic carbocycles. The van der Waals surface area contributed by atoms with Crippen LogP contribution in [0.2, 0.25) is 0 Å². The van der Waals surface area contributed by atoms with Gasteiger partial charge in [-0.3, -0.25) is 4.98 Å². The van der Waals surface area contributed by atoms with Crippen LogP contribution >= 0.6 is 0 Å². The molecule has 4 heteroatoms. The minimum absolute atomic E-state index is 0.416. The molecule has 1 fully saturated rings. The topological polar surface area (TPSA) is 58.0 Å². The van der Waals surface area contributed by atoms with Gasteiger partial charge in [-0.15, -0.1) is 0 Å². The molecule has 1 saturated carbocycles. The molecule has 0 saturated heterocycles. The van der Waals surface area contributed by atoms with E-state index < -0.39 is 0 Å². The first-order chi connectivity index (χ1) is 12.1. The molecule has 0 atom stereocenters. The number of rotatable bonds is 8. The summed E-state index contributed by atoms with van der Waals surface area (Å²) in [5.41, 5.74) is 4.46. The number of aryl methyl sites for hydroxylation is 1. The van der Waals surface area contributed by atoms with Crippen LogP contribution in [0.15, 0.2) is 54.4 Å². The predicted octanol–water partition coefficient (Wildman–Crippen LogP) is 4.04. The Hall–Kier alpha value is -2.62.